The van der Waals surface area contributed by atoms with E-state index in [0.717, 1.165) is 51.4 Å². The zero-order valence-corrected chi connectivity index (χ0v) is 19.3. The molecule has 6 nitrogen and oxygen atoms in total. The van der Waals surface area contributed by atoms with Crippen LogP contribution >= 0.6 is 23.4 Å². The van der Waals surface area contributed by atoms with Crippen molar-refractivity contribution >= 4 is 35.1 Å². The predicted molar refractivity (Wildman–Crippen MR) is 124 cm³/mol. The molecule has 1 saturated heterocycles. The van der Waals surface area contributed by atoms with E-state index in [1.807, 2.05) is 25.1 Å². The summed E-state index contributed by atoms with van der Waals surface area (Å²) in [5, 5.41) is 4.02. The lowest BCUT2D eigenvalue weighted by Gasteiger charge is -2.34. The average Bonchev–Trinajstić information content (AvgIpc) is 2.77. The largest absolute Gasteiger partial charge is 0.354 e. The SMILES string of the molecule is CCN1CCN(c2cc(Cl)nc(SCC(=O)NC(C)CCc3ccccc3)n2)CC1. The minimum absolute atomic E-state index is 0.0118. The Morgan fingerprint density at radius 2 is 1.93 bits per heavy atom. The summed E-state index contributed by atoms with van der Waals surface area (Å²) >= 11 is 7.55. The fourth-order valence-corrected chi connectivity index (χ4v) is 4.34. The van der Waals surface area contributed by atoms with Crippen LogP contribution in [0, 0.1) is 0 Å². The molecule has 1 atom stereocenters. The van der Waals surface area contributed by atoms with E-state index < -0.39 is 0 Å². The topological polar surface area (TPSA) is 61.4 Å². The van der Waals surface area contributed by atoms with Crippen LogP contribution in [0.4, 0.5) is 5.82 Å². The van der Waals surface area contributed by atoms with Gasteiger partial charge in [0, 0.05) is 38.3 Å². The van der Waals surface area contributed by atoms with Crippen LogP contribution in [0.15, 0.2) is 41.6 Å². The summed E-state index contributed by atoms with van der Waals surface area (Å²) in [7, 11) is 0. The molecule has 3 rings (SSSR count). The number of rotatable bonds is 9. The minimum Gasteiger partial charge on any atom is -0.354 e. The van der Waals surface area contributed by atoms with E-state index in [2.05, 4.69) is 44.1 Å². The molecule has 1 aromatic heterocycles. The molecule has 1 unspecified atom stereocenters. The Bertz CT molecular complexity index is 814. The molecule has 0 aliphatic carbocycles. The number of carbonyl (C=O) groups excluding carboxylic acids is 1. The number of anilines is 1. The molecule has 1 aliphatic heterocycles. The Morgan fingerprint density at radius 1 is 1.20 bits per heavy atom. The molecule has 0 spiro atoms. The molecule has 162 valence electrons. The van der Waals surface area contributed by atoms with E-state index in [-0.39, 0.29) is 17.7 Å². The molecular weight excluding hydrogens is 418 g/mol. The van der Waals surface area contributed by atoms with Crippen LogP contribution in [0.25, 0.3) is 0 Å². The van der Waals surface area contributed by atoms with Crippen molar-refractivity contribution in [3.8, 4) is 0 Å². The summed E-state index contributed by atoms with van der Waals surface area (Å²) in [5.41, 5.74) is 1.28. The highest BCUT2D eigenvalue weighted by molar-refractivity contribution is 7.99. The van der Waals surface area contributed by atoms with Gasteiger partial charge in [-0.05, 0) is 31.9 Å². The van der Waals surface area contributed by atoms with Crippen LogP contribution in [0.5, 0.6) is 0 Å². The summed E-state index contributed by atoms with van der Waals surface area (Å²) in [6.07, 6.45) is 1.85. The van der Waals surface area contributed by atoms with Crippen LogP contribution in [-0.2, 0) is 11.2 Å². The molecule has 1 N–H and O–H groups in total. The highest BCUT2D eigenvalue weighted by Gasteiger charge is 2.18. The maximum Gasteiger partial charge on any atom is 0.230 e. The van der Waals surface area contributed by atoms with Crippen LogP contribution in [0.1, 0.15) is 25.8 Å². The highest BCUT2D eigenvalue weighted by atomic mass is 35.5. The molecule has 1 aromatic carbocycles. The number of likely N-dealkylation sites (N-methyl/N-ethyl adjacent to an activating group) is 1. The number of nitrogens with zero attached hydrogens (tertiary/aromatic N) is 4. The lowest BCUT2D eigenvalue weighted by Crippen LogP contribution is -2.46. The third-order valence-electron chi connectivity index (χ3n) is 5.25. The van der Waals surface area contributed by atoms with Gasteiger partial charge in [-0.3, -0.25) is 4.79 Å². The number of hydrogen-bond acceptors (Lipinski definition) is 6. The molecule has 1 amide bonds. The van der Waals surface area contributed by atoms with E-state index in [9.17, 15) is 4.79 Å². The Morgan fingerprint density at radius 3 is 2.63 bits per heavy atom. The summed E-state index contributed by atoms with van der Waals surface area (Å²) < 4.78 is 0. The Hall–Kier alpha value is -1.83. The van der Waals surface area contributed by atoms with Crippen LogP contribution in [0.2, 0.25) is 5.15 Å². The van der Waals surface area contributed by atoms with Gasteiger partial charge in [-0.15, -0.1) is 0 Å². The lowest BCUT2D eigenvalue weighted by molar-refractivity contribution is -0.119. The first-order chi connectivity index (χ1) is 14.5. The molecule has 0 radical (unpaired) electrons. The van der Waals surface area contributed by atoms with Gasteiger partial charge in [0.1, 0.15) is 11.0 Å². The zero-order chi connectivity index (χ0) is 21.3. The van der Waals surface area contributed by atoms with Crippen molar-refractivity contribution in [2.24, 2.45) is 0 Å². The quantitative estimate of drug-likeness (QED) is 0.360. The smallest absolute Gasteiger partial charge is 0.230 e. The van der Waals surface area contributed by atoms with Gasteiger partial charge in [0.25, 0.3) is 0 Å². The monoisotopic (exact) mass is 447 g/mol. The van der Waals surface area contributed by atoms with E-state index in [1.54, 1.807) is 6.07 Å². The van der Waals surface area contributed by atoms with E-state index in [0.29, 0.717) is 10.3 Å². The number of nitrogens with one attached hydrogen (secondary N) is 1. The third kappa shape index (κ3) is 7.15. The minimum atomic E-state index is -0.0118. The van der Waals surface area contributed by atoms with Gasteiger partial charge in [-0.1, -0.05) is 60.6 Å². The van der Waals surface area contributed by atoms with Gasteiger partial charge in [-0.25, -0.2) is 9.97 Å². The summed E-state index contributed by atoms with van der Waals surface area (Å²) in [6, 6.07) is 12.2. The Balaban J connectivity index is 1.46. The summed E-state index contributed by atoms with van der Waals surface area (Å²) in [4.78, 5) is 25.9. The fourth-order valence-electron chi connectivity index (χ4n) is 3.45. The average molecular weight is 448 g/mol. The number of piperazine rings is 1. The molecule has 1 fully saturated rings. The van der Waals surface area contributed by atoms with Gasteiger partial charge in [0.05, 0.1) is 5.75 Å². The third-order valence-corrected chi connectivity index (χ3v) is 6.29. The van der Waals surface area contributed by atoms with Crippen molar-refractivity contribution in [3.63, 3.8) is 0 Å². The molecule has 0 saturated carbocycles. The summed E-state index contributed by atoms with van der Waals surface area (Å²) in [6.45, 7) is 9.16. The number of halogens is 1. The van der Waals surface area contributed by atoms with E-state index in [4.69, 9.17) is 11.6 Å². The number of benzene rings is 1. The number of hydrogen-bond donors (Lipinski definition) is 1. The fraction of sp³-hybridized carbons (Fsp3) is 0.500. The second kappa shape index (κ2) is 11.5. The van der Waals surface area contributed by atoms with Crippen molar-refractivity contribution in [1.29, 1.82) is 0 Å². The van der Waals surface area contributed by atoms with E-state index >= 15 is 0 Å². The molecular formula is C22H30ClN5OS. The van der Waals surface area contributed by atoms with Gasteiger partial charge >= 0.3 is 0 Å². The molecule has 2 heterocycles. The maximum absolute atomic E-state index is 12.3. The number of amides is 1. The van der Waals surface area contributed by atoms with Gasteiger partial charge in [-0.2, -0.15) is 0 Å². The Labute approximate surface area is 188 Å². The molecule has 8 heteroatoms. The van der Waals surface area contributed by atoms with Crippen LogP contribution in [0.3, 0.4) is 0 Å². The van der Waals surface area contributed by atoms with E-state index in [1.165, 1.54) is 17.3 Å². The van der Waals surface area contributed by atoms with Crippen molar-refractivity contribution in [3.05, 3.63) is 47.1 Å². The molecule has 0 bridgehead atoms. The van der Waals surface area contributed by atoms with Crippen molar-refractivity contribution < 1.29 is 4.79 Å². The van der Waals surface area contributed by atoms with Crippen molar-refractivity contribution in [1.82, 2.24) is 20.2 Å². The molecule has 1 aliphatic rings. The molecule has 30 heavy (non-hydrogen) atoms. The summed E-state index contributed by atoms with van der Waals surface area (Å²) in [5.74, 6) is 1.10. The normalized spacial score (nSPS) is 15.8. The second-order valence-corrected chi connectivity index (χ2v) is 8.86. The zero-order valence-electron chi connectivity index (χ0n) is 17.7. The standard InChI is InChI=1S/C22H30ClN5OS/c1-3-27-11-13-28(14-12-27)20-15-19(23)25-22(26-20)30-16-21(29)24-17(2)9-10-18-7-5-4-6-8-18/h4-8,15,17H,3,9-14,16H2,1-2H3,(H,24,29). The lowest BCUT2D eigenvalue weighted by atomic mass is 10.1. The second-order valence-electron chi connectivity index (χ2n) is 7.53. The number of aromatic nitrogens is 2. The first-order valence-electron chi connectivity index (χ1n) is 10.5. The van der Waals surface area contributed by atoms with Crippen LogP contribution in [-0.4, -0.2) is 65.3 Å². The maximum atomic E-state index is 12.3. The first-order valence-corrected chi connectivity index (χ1v) is 11.9. The highest BCUT2D eigenvalue weighted by Crippen LogP contribution is 2.22. The van der Waals surface area contributed by atoms with Crippen LogP contribution < -0.4 is 10.2 Å². The predicted octanol–water partition coefficient (Wildman–Crippen LogP) is 3.50. The van der Waals surface area contributed by atoms with Gasteiger partial charge < -0.3 is 15.1 Å². The molecule has 2 aromatic rings. The number of aryl methyl sites for hydroxylation is 1. The van der Waals surface area contributed by atoms with Crippen molar-refractivity contribution in [2.75, 3.05) is 43.4 Å². The number of thioether (sulfide) groups is 1. The van der Waals surface area contributed by atoms with Gasteiger partial charge in [0.15, 0.2) is 5.16 Å². The van der Waals surface area contributed by atoms with Crippen molar-refractivity contribution in [2.45, 2.75) is 37.9 Å². The number of carbonyl (C=O) groups is 1. The van der Waals surface area contributed by atoms with Gasteiger partial charge in [0.2, 0.25) is 5.91 Å². The first kappa shape index (κ1) is 22.8. The Kier molecular flexibility index (Phi) is 8.78.